The molecule has 1 N–H and O–H groups in total. The number of allylic oxidation sites excluding steroid dienone is 14. The Bertz CT molecular complexity index is 907. The first-order valence-electron chi connectivity index (χ1n) is 20.7. The second-order valence-electron chi connectivity index (χ2n) is 13.3. The highest BCUT2D eigenvalue weighted by molar-refractivity contribution is 5.69. The summed E-state index contributed by atoms with van der Waals surface area (Å²) >= 11 is 0. The molecular weight excluding hydrogens is 617 g/mol. The Morgan fingerprint density at radius 2 is 0.900 bits per heavy atom. The number of esters is 1. The standard InChI is InChI=1S/C46H78O4/c1-3-5-7-9-11-13-15-17-19-20-21-22-23-24-25-26-27-28-30-32-34-36-38-40-42-49-44-45(43-47)50-46(48)41-39-37-35-33-31-29-18-16-14-12-10-8-6-4-2/h5,7,11,13,16-19,21-22,24-25,27-28,45,47H,3-4,6,8-10,12,14-15,20,23,26,29-44H2,1-2H3/b7-5-,13-11-,18-16-,19-17-,22-21-,25-24-,28-27-. The van der Waals surface area contributed by atoms with Gasteiger partial charge in [-0.1, -0.05) is 163 Å². The summed E-state index contributed by atoms with van der Waals surface area (Å²) < 4.78 is 11.1. The van der Waals surface area contributed by atoms with E-state index < -0.39 is 6.10 Å². The summed E-state index contributed by atoms with van der Waals surface area (Å²) in [6, 6.07) is 0. The van der Waals surface area contributed by atoms with E-state index in [1.165, 1.54) is 77.0 Å². The molecule has 0 fully saturated rings. The second-order valence-corrected chi connectivity index (χ2v) is 13.3. The Labute approximate surface area is 310 Å². The Balaban J connectivity index is 3.55. The number of hydrogen-bond donors (Lipinski definition) is 1. The minimum absolute atomic E-state index is 0.188. The minimum Gasteiger partial charge on any atom is -0.457 e. The molecule has 0 aliphatic rings. The van der Waals surface area contributed by atoms with Gasteiger partial charge in [0.1, 0.15) is 6.10 Å². The molecule has 1 unspecified atom stereocenters. The maximum absolute atomic E-state index is 12.2. The van der Waals surface area contributed by atoms with Crippen molar-refractivity contribution in [2.75, 3.05) is 19.8 Å². The van der Waals surface area contributed by atoms with E-state index in [2.05, 4.69) is 98.9 Å². The van der Waals surface area contributed by atoms with Crippen LogP contribution in [0.5, 0.6) is 0 Å². The first-order chi connectivity index (χ1) is 24.7. The normalized spacial score (nSPS) is 13.3. The predicted octanol–water partition coefficient (Wildman–Crippen LogP) is 13.6. The SMILES string of the molecule is CC/C=C\C/C=C\C/C=C\C/C=C\C/C=C\C/C=C\CCCCCCCOCC(CO)OC(=O)CCCCCCC/C=C\CCCCCCC. The molecule has 0 aromatic rings. The molecule has 4 nitrogen and oxygen atoms in total. The number of rotatable bonds is 37. The van der Waals surface area contributed by atoms with Crippen LogP contribution in [0.3, 0.4) is 0 Å². The lowest BCUT2D eigenvalue weighted by atomic mass is 10.1. The fourth-order valence-corrected chi connectivity index (χ4v) is 5.38. The van der Waals surface area contributed by atoms with Gasteiger partial charge in [-0.25, -0.2) is 0 Å². The van der Waals surface area contributed by atoms with Gasteiger partial charge in [-0.3, -0.25) is 4.79 Å². The van der Waals surface area contributed by atoms with E-state index in [0.717, 1.165) is 77.0 Å². The molecule has 0 aromatic carbocycles. The zero-order chi connectivity index (χ0) is 36.3. The minimum atomic E-state index is -0.553. The van der Waals surface area contributed by atoms with Crippen molar-refractivity contribution in [2.45, 2.75) is 180 Å². The predicted molar refractivity (Wildman–Crippen MR) is 219 cm³/mol. The molecule has 0 radical (unpaired) electrons. The van der Waals surface area contributed by atoms with Crippen LogP contribution in [-0.2, 0) is 14.3 Å². The molecular formula is C46H78O4. The largest absolute Gasteiger partial charge is 0.457 e. The molecule has 0 aromatic heterocycles. The van der Waals surface area contributed by atoms with Crippen LogP contribution in [0.25, 0.3) is 0 Å². The molecule has 4 heteroatoms. The van der Waals surface area contributed by atoms with Crippen LogP contribution in [-0.4, -0.2) is 37.0 Å². The molecule has 0 saturated heterocycles. The first-order valence-corrected chi connectivity index (χ1v) is 20.7. The van der Waals surface area contributed by atoms with Crippen molar-refractivity contribution in [3.05, 3.63) is 85.1 Å². The maximum atomic E-state index is 12.2. The summed E-state index contributed by atoms with van der Waals surface area (Å²) in [6.45, 7) is 5.16. The van der Waals surface area contributed by atoms with Crippen LogP contribution in [0.4, 0.5) is 0 Å². The van der Waals surface area contributed by atoms with Gasteiger partial charge in [0.05, 0.1) is 13.2 Å². The van der Waals surface area contributed by atoms with E-state index in [0.29, 0.717) is 13.0 Å². The third-order valence-corrected chi connectivity index (χ3v) is 8.45. The van der Waals surface area contributed by atoms with Crippen molar-refractivity contribution in [1.82, 2.24) is 0 Å². The Morgan fingerprint density at radius 1 is 0.500 bits per heavy atom. The molecule has 0 bridgehead atoms. The second kappa shape index (κ2) is 42.7. The van der Waals surface area contributed by atoms with Gasteiger partial charge >= 0.3 is 5.97 Å². The van der Waals surface area contributed by atoms with E-state index in [1.54, 1.807) is 0 Å². The fourth-order valence-electron chi connectivity index (χ4n) is 5.38. The smallest absolute Gasteiger partial charge is 0.306 e. The molecule has 286 valence electrons. The quantitative estimate of drug-likeness (QED) is 0.0399. The average molecular weight is 695 g/mol. The van der Waals surface area contributed by atoms with Gasteiger partial charge in [-0.2, -0.15) is 0 Å². The van der Waals surface area contributed by atoms with Crippen molar-refractivity contribution in [3.8, 4) is 0 Å². The van der Waals surface area contributed by atoms with Crippen LogP contribution < -0.4 is 0 Å². The van der Waals surface area contributed by atoms with Crippen LogP contribution in [0.15, 0.2) is 85.1 Å². The lowest BCUT2D eigenvalue weighted by Gasteiger charge is -2.15. The maximum Gasteiger partial charge on any atom is 0.306 e. The van der Waals surface area contributed by atoms with E-state index in [9.17, 15) is 9.90 Å². The molecule has 0 saturated carbocycles. The first kappa shape index (κ1) is 47.6. The third kappa shape index (κ3) is 40.0. The van der Waals surface area contributed by atoms with Gasteiger partial charge in [-0.05, 0) is 89.9 Å². The Morgan fingerprint density at radius 3 is 1.38 bits per heavy atom. The summed E-state index contributed by atoms with van der Waals surface area (Å²) in [5.41, 5.74) is 0. The molecule has 0 heterocycles. The molecule has 0 spiro atoms. The van der Waals surface area contributed by atoms with Crippen molar-refractivity contribution in [3.63, 3.8) is 0 Å². The Kier molecular flexibility index (Phi) is 40.7. The summed E-state index contributed by atoms with van der Waals surface area (Å²) in [4.78, 5) is 12.2. The number of ether oxygens (including phenoxy) is 2. The molecule has 50 heavy (non-hydrogen) atoms. The van der Waals surface area contributed by atoms with E-state index in [4.69, 9.17) is 9.47 Å². The van der Waals surface area contributed by atoms with Gasteiger partial charge in [0.25, 0.3) is 0 Å². The summed E-state index contributed by atoms with van der Waals surface area (Å²) in [7, 11) is 0. The Hall–Kier alpha value is -2.43. The van der Waals surface area contributed by atoms with Gasteiger partial charge in [0.15, 0.2) is 0 Å². The van der Waals surface area contributed by atoms with Crippen molar-refractivity contribution < 1.29 is 19.4 Å². The lowest BCUT2D eigenvalue weighted by molar-refractivity contribution is -0.154. The van der Waals surface area contributed by atoms with E-state index >= 15 is 0 Å². The number of unbranched alkanes of at least 4 members (excludes halogenated alkanes) is 15. The van der Waals surface area contributed by atoms with E-state index in [1.807, 2.05) is 0 Å². The van der Waals surface area contributed by atoms with Crippen LogP contribution in [0, 0.1) is 0 Å². The van der Waals surface area contributed by atoms with E-state index in [-0.39, 0.29) is 19.2 Å². The summed E-state index contributed by atoms with van der Waals surface area (Å²) in [6.07, 6.45) is 59.2. The number of carbonyl (C=O) groups is 1. The summed E-state index contributed by atoms with van der Waals surface area (Å²) in [5, 5.41) is 9.58. The number of carbonyl (C=O) groups excluding carboxylic acids is 1. The van der Waals surface area contributed by atoms with Crippen molar-refractivity contribution >= 4 is 5.97 Å². The highest BCUT2D eigenvalue weighted by Gasteiger charge is 2.13. The zero-order valence-corrected chi connectivity index (χ0v) is 32.6. The molecule has 0 rings (SSSR count). The highest BCUT2D eigenvalue weighted by atomic mass is 16.6. The number of hydrogen-bond acceptors (Lipinski definition) is 4. The van der Waals surface area contributed by atoms with Gasteiger partial charge < -0.3 is 14.6 Å². The van der Waals surface area contributed by atoms with Crippen molar-refractivity contribution in [1.29, 1.82) is 0 Å². The molecule has 1 atom stereocenters. The molecule has 0 aliphatic heterocycles. The topological polar surface area (TPSA) is 55.8 Å². The highest BCUT2D eigenvalue weighted by Crippen LogP contribution is 2.11. The van der Waals surface area contributed by atoms with Crippen LogP contribution in [0.1, 0.15) is 174 Å². The third-order valence-electron chi connectivity index (χ3n) is 8.45. The molecule has 0 amide bonds. The zero-order valence-electron chi connectivity index (χ0n) is 32.6. The monoisotopic (exact) mass is 695 g/mol. The van der Waals surface area contributed by atoms with Crippen LogP contribution in [0.2, 0.25) is 0 Å². The van der Waals surface area contributed by atoms with Gasteiger partial charge in [0, 0.05) is 13.0 Å². The van der Waals surface area contributed by atoms with Crippen LogP contribution >= 0.6 is 0 Å². The fraction of sp³-hybridized carbons (Fsp3) is 0.674. The number of aliphatic hydroxyl groups is 1. The average Bonchev–Trinajstić information content (AvgIpc) is 3.12. The van der Waals surface area contributed by atoms with Crippen molar-refractivity contribution in [2.24, 2.45) is 0 Å². The molecule has 0 aliphatic carbocycles. The van der Waals surface area contributed by atoms with Gasteiger partial charge in [-0.15, -0.1) is 0 Å². The lowest BCUT2D eigenvalue weighted by Crippen LogP contribution is -2.27. The van der Waals surface area contributed by atoms with Gasteiger partial charge in [0.2, 0.25) is 0 Å². The number of aliphatic hydroxyl groups excluding tert-OH is 1. The summed E-state index contributed by atoms with van der Waals surface area (Å²) in [5.74, 6) is -0.221.